The first kappa shape index (κ1) is 30.5. The number of allylic oxidation sites excluding steroid dienone is 2. The minimum atomic E-state index is -0.611. The lowest BCUT2D eigenvalue weighted by molar-refractivity contribution is -0.139. The first-order valence-electron chi connectivity index (χ1n) is 13.9. The van der Waals surface area contributed by atoms with E-state index in [0.29, 0.717) is 24.0 Å². The molecule has 1 fully saturated rings. The fourth-order valence-corrected chi connectivity index (χ4v) is 4.85. The Balaban J connectivity index is 1.87. The molecule has 0 aliphatic heterocycles. The standard InChI is InChI=1S/C33H38O7/c1-3-4-7-18-26(34)21-22-28-27(19-12-13-20-31(35)38-2)29(39-32(36)24-14-8-5-9-15-24)23-30(28)40-33(37)25-16-10-6-11-17-25/h5-6,8-17,21-22,27-30H,3-4,7,18-20,23H2,1-2H3/b13-12-,22-21+/t27-,28+,29-,30+/m1/s1. The third-order valence-corrected chi connectivity index (χ3v) is 7.02. The van der Waals surface area contributed by atoms with Gasteiger partial charge in [0, 0.05) is 24.7 Å². The third-order valence-electron chi connectivity index (χ3n) is 7.02. The van der Waals surface area contributed by atoms with Crippen molar-refractivity contribution in [3.63, 3.8) is 0 Å². The van der Waals surface area contributed by atoms with Crippen LogP contribution in [0.25, 0.3) is 0 Å². The molecule has 0 bridgehead atoms. The van der Waals surface area contributed by atoms with Gasteiger partial charge in [0.15, 0.2) is 5.78 Å². The second-order valence-electron chi connectivity index (χ2n) is 9.87. The molecule has 1 aliphatic rings. The summed E-state index contributed by atoms with van der Waals surface area (Å²) in [5.74, 6) is -1.96. The lowest BCUT2D eigenvalue weighted by atomic mass is 9.89. The zero-order valence-corrected chi connectivity index (χ0v) is 23.2. The Hall–Kier alpha value is -4.00. The normalized spacial score (nSPS) is 20.4. The molecule has 2 aromatic rings. The molecule has 0 saturated heterocycles. The number of esters is 3. The van der Waals surface area contributed by atoms with E-state index in [2.05, 4.69) is 6.92 Å². The van der Waals surface area contributed by atoms with Crippen LogP contribution in [-0.2, 0) is 23.8 Å². The average molecular weight is 547 g/mol. The Morgan fingerprint density at radius 3 is 2.00 bits per heavy atom. The van der Waals surface area contributed by atoms with Crippen LogP contribution in [0.3, 0.4) is 0 Å². The predicted molar refractivity (Wildman–Crippen MR) is 152 cm³/mol. The maximum Gasteiger partial charge on any atom is 0.338 e. The second kappa shape index (κ2) is 16.2. The number of carbonyl (C=O) groups is 4. The third kappa shape index (κ3) is 9.33. The highest BCUT2D eigenvalue weighted by Crippen LogP contribution is 2.40. The van der Waals surface area contributed by atoms with E-state index in [1.54, 1.807) is 66.8 Å². The largest absolute Gasteiger partial charge is 0.469 e. The Kier molecular flexibility index (Phi) is 12.4. The SMILES string of the molecule is CCCCCC(=O)/C=C/[C@H]1[C@@H](C/C=C\CC(=O)OC)[C@H](OC(=O)c2ccccc2)C[C@@H]1OC(=O)c1ccccc1. The van der Waals surface area contributed by atoms with Gasteiger partial charge in [-0.15, -0.1) is 0 Å². The number of hydrogen-bond acceptors (Lipinski definition) is 7. The van der Waals surface area contributed by atoms with Crippen LogP contribution in [0, 0.1) is 11.8 Å². The molecule has 0 N–H and O–H groups in total. The van der Waals surface area contributed by atoms with Crippen LogP contribution in [0.4, 0.5) is 0 Å². The molecule has 0 heterocycles. The summed E-state index contributed by atoms with van der Waals surface area (Å²) in [6.07, 6.45) is 9.83. The Labute approximate surface area is 236 Å². The highest BCUT2D eigenvalue weighted by Gasteiger charge is 2.45. The summed E-state index contributed by atoms with van der Waals surface area (Å²) in [6, 6.07) is 17.4. The van der Waals surface area contributed by atoms with Crippen LogP contribution in [0.1, 0.15) is 72.6 Å². The molecule has 0 amide bonds. The number of unbranched alkanes of at least 4 members (excludes halogenated alkanes) is 2. The number of ether oxygens (including phenoxy) is 3. The number of methoxy groups -OCH3 is 1. The van der Waals surface area contributed by atoms with Crippen LogP contribution in [-0.4, -0.2) is 43.0 Å². The van der Waals surface area contributed by atoms with E-state index in [-0.39, 0.29) is 36.4 Å². The van der Waals surface area contributed by atoms with Crippen LogP contribution in [0.5, 0.6) is 0 Å². The van der Waals surface area contributed by atoms with Gasteiger partial charge in [-0.1, -0.05) is 74.4 Å². The lowest BCUT2D eigenvalue weighted by Gasteiger charge is -2.23. The first-order valence-corrected chi connectivity index (χ1v) is 13.9. The number of rotatable bonds is 14. The smallest absolute Gasteiger partial charge is 0.338 e. The van der Waals surface area contributed by atoms with Crippen LogP contribution in [0.15, 0.2) is 85.0 Å². The molecule has 0 spiro atoms. The van der Waals surface area contributed by atoms with E-state index in [1.807, 2.05) is 18.2 Å². The van der Waals surface area contributed by atoms with Crippen molar-refractivity contribution in [2.75, 3.05) is 7.11 Å². The highest BCUT2D eigenvalue weighted by molar-refractivity contribution is 5.90. The topological polar surface area (TPSA) is 96.0 Å². The van der Waals surface area contributed by atoms with Crippen LogP contribution in [0.2, 0.25) is 0 Å². The van der Waals surface area contributed by atoms with Crippen molar-refractivity contribution >= 4 is 23.7 Å². The summed E-state index contributed by atoms with van der Waals surface area (Å²) in [7, 11) is 1.33. The fraction of sp³-hybridized carbons (Fsp3) is 0.394. The van der Waals surface area contributed by atoms with E-state index in [9.17, 15) is 19.2 Å². The van der Waals surface area contributed by atoms with E-state index in [4.69, 9.17) is 14.2 Å². The van der Waals surface area contributed by atoms with E-state index in [0.717, 1.165) is 19.3 Å². The highest BCUT2D eigenvalue weighted by atomic mass is 16.6. The van der Waals surface area contributed by atoms with Crippen molar-refractivity contribution in [3.8, 4) is 0 Å². The summed E-state index contributed by atoms with van der Waals surface area (Å²) in [5, 5.41) is 0. The second-order valence-corrected chi connectivity index (χ2v) is 9.87. The van der Waals surface area contributed by atoms with Gasteiger partial charge in [0.05, 0.1) is 24.7 Å². The van der Waals surface area contributed by atoms with Crippen LogP contribution < -0.4 is 0 Å². The van der Waals surface area contributed by atoms with Gasteiger partial charge in [0.1, 0.15) is 12.2 Å². The molecule has 7 nitrogen and oxygen atoms in total. The van der Waals surface area contributed by atoms with Crippen molar-refractivity contribution in [1.82, 2.24) is 0 Å². The number of carbonyl (C=O) groups excluding carboxylic acids is 4. The minimum absolute atomic E-state index is 0.00583. The van der Waals surface area contributed by atoms with Gasteiger partial charge in [-0.05, 0) is 43.2 Å². The van der Waals surface area contributed by atoms with Gasteiger partial charge in [-0.3, -0.25) is 9.59 Å². The molecule has 3 rings (SSSR count). The molecule has 1 aliphatic carbocycles. The summed E-state index contributed by atoms with van der Waals surface area (Å²) in [4.78, 5) is 50.2. The Morgan fingerprint density at radius 2 is 1.43 bits per heavy atom. The molecule has 212 valence electrons. The fourth-order valence-electron chi connectivity index (χ4n) is 4.85. The molecule has 0 aromatic heterocycles. The summed E-state index contributed by atoms with van der Waals surface area (Å²) in [5.41, 5.74) is 0.838. The molecular formula is C33H38O7. The number of ketones is 1. The molecule has 2 aromatic carbocycles. The summed E-state index contributed by atoms with van der Waals surface area (Å²) in [6.45, 7) is 2.08. The molecule has 0 radical (unpaired) electrons. The number of benzene rings is 2. The molecule has 0 unspecified atom stereocenters. The minimum Gasteiger partial charge on any atom is -0.469 e. The Morgan fingerprint density at radius 1 is 0.825 bits per heavy atom. The van der Waals surface area contributed by atoms with E-state index < -0.39 is 24.1 Å². The van der Waals surface area contributed by atoms with Crippen molar-refractivity contribution in [2.24, 2.45) is 11.8 Å². The van der Waals surface area contributed by atoms with Crippen molar-refractivity contribution in [3.05, 3.63) is 96.1 Å². The predicted octanol–water partition coefficient (Wildman–Crippen LogP) is 6.29. The molecule has 7 heteroatoms. The maximum absolute atomic E-state index is 13.0. The van der Waals surface area contributed by atoms with Gasteiger partial charge in [0.25, 0.3) is 0 Å². The van der Waals surface area contributed by atoms with Crippen molar-refractivity contribution in [2.45, 2.75) is 64.1 Å². The molecule has 40 heavy (non-hydrogen) atoms. The van der Waals surface area contributed by atoms with Crippen LogP contribution >= 0.6 is 0 Å². The monoisotopic (exact) mass is 546 g/mol. The molecular weight excluding hydrogens is 508 g/mol. The van der Waals surface area contributed by atoms with Gasteiger partial charge < -0.3 is 14.2 Å². The van der Waals surface area contributed by atoms with Gasteiger partial charge >= 0.3 is 17.9 Å². The molecule has 4 atom stereocenters. The van der Waals surface area contributed by atoms with Crippen molar-refractivity contribution < 1.29 is 33.4 Å². The lowest BCUT2D eigenvalue weighted by Crippen LogP contribution is -2.26. The van der Waals surface area contributed by atoms with Crippen molar-refractivity contribution in [1.29, 1.82) is 0 Å². The summed E-state index contributed by atoms with van der Waals surface area (Å²) < 4.78 is 16.6. The van der Waals surface area contributed by atoms with Gasteiger partial charge in [-0.25, -0.2) is 9.59 Å². The maximum atomic E-state index is 13.0. The Bertz CT molecular complexity index is 1170. The van der Waals surface area contributed by atoms with E-state index in [1.165, 1.54) is 7.11 Å². The van der Waals surface area contributed by atoms with Gasteiger partial charge in [-0.2, -0.15) is 0 Å². The number of hydrogen-bond donors (Lipinski definition) is 0. The summed E-state index contributed by atoms with van der Waals surface area (Å²) >= 11 is 0. The van der Waals surface area contributed by atoms with E-state index >= 15 is 0 Å². The quantitative estimate of drug-likeness (QED) is 0.0903. The van der Waals surface area contributed by atoms with Gasteiger partial charge in [0.2, 0.25) is 0 Å². The molecule has 1 saturated carbocycles. The first-order chi connectivity index (χ1) is 19.4. The average Bonchev–Trinajstić information content (AvgIpc) is 3.29. The zero-order valence-electron chi connectivity index (χ0n) is 23.2. The zero-order chi connectivity index (χ0) is 28.7.